The molecule has 1 atom stereocenters. The molecule has 2 N–H and O–H groups in total. The molecule has 1 aliphatic heterocycles. The van der Waals surface area contributed by atoms with Gasteiger partial charge in [-0.05, 0) is 50.8 Å². The minimum absolute atomic E-state index is 0.387. The number of carboxylic acids is 1. The standard InChI is InChI=1S/C13H17ClO2.C2H4O2/c1-7-8(2)12-10(9(3)11(7)15)5-6-13(4,14)16-12;1-2(3)4/h15H,5-6H2,1-4H3;1H3,(H,3,4). The van der Waals surface area contributed by atoms with Gasteiger partial charge >= 0.3 is 0 Å². The first-order valence-electron chi connectivity index (χ1n) is 6.46. The van der Waals surface area contributed by atoms with Crippen molar-refractivity contribution in [2.45, 2.75) is 52.5 Å². The molecular weight excluding hydrogens is 280 g/mol. The first-order valence-corrected chi connectivity index (χ1v) is 6.83. The van der Waals surface area contributed by atoms with Crippen LogP contribution in [0.4, 0.5) is 0 Å². The van der Waals surface area contributed by atoms with Crippen molar-refractivity contribution < 1.29 is 19.7 Å². The average Bonchev–Trinajstić information content (AvgIpc) is 2.32. The Morgan fingerprint density at radius 1 is 1.25 bits per heavy atom. The monoisotopic (exact) mass is 300 g/mol. The topological polar surface area (TPSA) is 66.8 Å². The van der Waals surface area contributed by atoms with Gasteiger partial charge in [-0.25, -0.2) is 0 Å². The average molecular weight is 301 g/mol. The number of alkyl halides is 1. The SMILES string of the molecule is CC(=O)O.Cc1c(C)c2c(c(C)c1O)CCC(C)(Cl)O2. The summed E-state index contributed by atoms with van der Waals surface area (Å²) in [5, 5.41) is 16.8. The van der Waals surface area contributed by atoms with Crippen LogP contribution in [-0.2, 0) is 11.2 Å². The summed E-state index contributed by atoms with van der Waals surface area (Å²) in [5.41, 5.74) is 3.89. The molecule has 0 aromatic heterocycles. The molecule has 2 rings (SSSR count). The molecule has 20 heavy (non-hydrogen) atoms. The van der Waals surface area contributed by atoms with E-state index < -0.39 is 11.0 Å². The lowest BCUT2D eigenvalue weighted by molar-refractivity contribution is -0.134. The van der Waals surface area contributed by atoms with Crippen LogP contribution in [0.1, 0.15) is 42.5 Å². The summed E-state index contributed by atoms with van der Waals surface area (Å²) in [6.45, 7) is 8.77. The van der Waals surface area contributed by atoms with Crippen molar-refractivity contribution in [3.05, 3.63) is 22.3 Å². The first kappa shape index (κ1) is 16.6. The summed E-state index contributed by atoms with van der Waals surface area (Å²) in [4.78, 5) is 9.00. The smallest absolute Gasteiger partial charge is 0.300 e. The number of benzene rings is 1. The molecular formula is C15H21ClO4. The third-order valence-corrected chi connectivity index (χ3v) is 3.74. The van der Waals surface area contributed by atoms with Crippen molar-refractivity contribution in [3.8, 4) is 11.5 Å². The third kappa shape index (κ3) is 3.57. The maximum Gasteiger partial charge on any atom is 0.300 e. The van der Waals surface area contributed by atoms with Gasteiger partial charge in [0.25, 0.3) is 5.97 Å². The summed E-state index contributed by atoms with van der Waals surface area (Å²) in [6, 6.07) is 0. The van der Waals surface area contributed by atoms with E-state index in [1.807, 2.05) is 27.7 Å². The lowest BCUT2D eigenvalue weighted by Gasteiger charge is -2.33. The van der Waals surface area contributed by atoms with Crippen molar-refractivity contribution in [1.82, 2.24) is 0 Å². The molecule has 5 heteroatoms. The zero-order chi connectivity index (χ0) is 15.7. The van der Waals surface area contributed by atoms with E-state index in [0.29, 0.717) is 5.75 Å². The quantitative estimate of drug-likeness (QED) is 0.717. The van der Waals surface area contributed by atoms with Gasteiger partial charge in [0.2, 0.25) is 0 Å². The molecule has 0 fully saturated rings. The highest BCUT2D eigenvalue weighted by Crippen LogP contribution is 2.44. The number of ether oxygens (including phenoxy) is 1. The number of phenolic OH excluding ortho intramolecular Hbond substituents is 1. The van der Waals surface area contributed by atoms with E-state index in [0.717, 1.165) is 47.8 Å². The van der Waals surface area contributed by atoms with Crippen LogP contribution >= 0.6 is 11.6 Å². The molecule has 0 radical (unpaired) electrons. The number of hydrogen-bond acceptors (Lipinski definition) is 3. The number of rotatable bonds is 0. The van der Waals surface area contributed by atoms with E-state index in [4.69, 9.17) is 26.2 Å². The molecule has 0 amide bonds. The maximum absolute atomic E-state index is 9.98. The number of halogens is 1. The van der Waals surface area contributed by atoms with E-state index >= 15 is 0 Å². The highest BCUT2D eigenvalue weighted by atomic mass is 35.5. The van der Waals surface area contributed by atoms with Gasteiger partial charge in [-0.15, -0.1) is 0 Å². The minimum atomic E-state index is -0.833. The molecule has 1 heterocycles. The van der Waals surface area contributed by atoms with Crippen LogP contribution < -0.4 is 4.74 Å². The fourth-order valence-electron chi connectivity index (χ4n) is 2.22. The van der Waals surface area contributed by atoms with Crippen molar-refractivity contribution in [2.24, 2.45) is 0 Å². The normalized spacial score (nSPS) is 20.3. The molecule has 1 unspecified atom stereocenters. The number of phenols is 1. The largest absolute Gasteiger partial charge is 0.507 e. The molecule has 1 aliphatic rings. The Morgan fingerprint density at radius 3 is 2.25 bits per heavy atom. The molecule has 112 valence electrons. The number of aliphatic carboxylic acids is 1. The van der Waals surface area contributed by atoms with Crippen LogP contribution in [0, 0.1) is 20.8 Å². The Balaban J connectivity index is 0.000000444. The van der Waals surface area contributed by atoms with E-state index in [9.17, 15) is 5.11 Å². The number of carbonyl (C=O) groups is 1. The molecule has 0 aliphatic carbocycles. The predicted octanol–water partition coefficient (Wildman–Crippen LogP) is 3.69. The second-order valence-electron chi connectivity index (χ2n) is 5.25. The summed E-state index contributed by atoms with van der Waals surface area (Å²) in [7, 11) is 0. The second-order valence-corrected chi connectivity index (χ2v) is 6.05. The Kier molecular flexibility index (Phi) is 4.92. The number of fused-ring (bicyclic) bond motifs is 1. The van der Waals surface area contributed by atoms with Gasteiger partial charge < -0.3 is 14.9 Å². The molecule has 0 bridgehead atoms. The van der Waals surface area contributed by atoms with Crippen molar-refractivity contribution in [1.29, 1.82) is 0 Å². The highest BCUT2D eigenvalue weighted by molar-refractivity contribution is 6.22. The molecule has 1 aromatic rings. The van der Waals surface area contributed by atoms with E-state index in [2.05, 4.69) is 0 Å². The first-order chi connectivity index (χ1) is 9.07. The van der Waals surface area contributed by atoms with Crippen molar-refractivity contribution in [2.75, 3.05) is 0 Å². The molecule has 0 saturated heterocycles. The van der Waals surface area contributed by atoms with Gasteiger partial charge in [-0.2, -0.15) is 0 Å². The zero-order valence-electron chi connectivity index (χ0n) is 12.5. The van der Waals surface area contributed by atoms with Crippen LogP contribution in [0.3, 0.4) is 0 Å². The van der Waals surface area contributed by atoms with E-state index in [1.54, 1.807) is 0 Å². The fourth-order valence-corrected chi connectivity index (χ4v) is 2.39. The van der Waals surface area contributed by atoms with Gasteiger partial charge in [0.05, 0.1) is 0 Å². The van der Waals surface area contributed by atoms with E-state index in [1.165, 1.54) is 0 Å². The summed E-state index contributed by atoms with van der Waals surface area (Å²) >= 11 is 6.23. The molecule has 0 spiro atoms. The van der Waals surface area contributed by atoms with Crippen molar-refractivity contribution >= 4 is 17.6 Å². The number of carboxylic acid groups (broad SMARTS) is 1. The highest BCUT2D eigenvalue weighted by Gasteiger charge is 2.32. The van der Waals surface area contributed by atoms with Gasteiger partial charge in [0.1, 0.15) is 11.5 Å². The lowest BCUT2D eigenvalue weighted by Crippen LogP contribution is -2.31. The van der Waals surface area contributed by atoms with Gasteiger partial charge in [0.15, 0.2) is 5.06 Å². The summed E-state index contributed by atoms with van der Waals surface area (Å²) in [5.74, 6) is 0.412. The van der Waals surface area contributed by atoms with E-state index in [-0.39, 0.29) is 0 Å². The summed E-state index contributed by atoms with van der Waals surface area (Å²) in [6.07, 6.45) is 1.63. The van der Waals surface area contributed by atoms with Gasteiger partial charge in [-0.1, -0.05) is 11.6 Å². The maximum atomic E-state index is 9.98. The zero-order valence-corrected chi connectivity index (χ0v) is 13.3. The number of hydrogen-bond donors (Lipinski definition) is 2. The minimum Gasteiger partial charge on any atom is -0.507 e. The molecule has 0 saturated carbocycles. The lowest BCUT2D eigenvalue weighted by atomic mass is 9.92. The Morgan fingerprint density at radius 2 is 1.75 bits per heavy atom. The summed E-state index contributed by atoms with van der Waals surface area (Å²) < 4.78 is 5.82. The van der Waals surface area contributed by atoms with Gasteiger partial charge in [0, 0.05) is 18.9 Å². The fraction of sp³-hybridized carbons (Fsp3) is 0.533. The molecule has 1 aromatic carbocycles. The van der Waals surface area contributed by atoms with Crippen LogP contribution in [-0.4, -0.2) is 21.2 Å². The Labute approximate surface area is 124 Å². The molecule has 4 nitrogen and oxygen atoms in total. The van der Waals surface area contributed by atoms with Crippen LogP contribution in [0.2, 0.25) is 0 Å². The van der Waals surface area contributed by atoms with Crippen LogP contribution in [0.25, 0.3) is 0 Å². The van der Waals surface area contributed by atoms with Crippen LogP contribution in [0.15, 0.2) is 0 Å². The van der Waals surface area contributed by atoms with Crippen LogP contribution in [0.5, 0.6) is 11.5 Å². The Hall–Kier alpha value is -1.42. The second kappa shape index (κ2) is 5.92. The Bertz CT molecular complexity index is 531. The van der Waals surface area contributed by atoms with Gasteiger partial charge in [-0.3, -0.25) is 4.79 Å². The number of aromatic hydroxyl groups is 1. The van der Waals surface area contributed by atoms with Crippen molar-refractivity contribution in [3.63, 3.8) is 0 Å². The third-order valence-electron chi connectivity index (χ3n) is 3.48. The predicted molar refractivity (Wildman–Crippen MR) is 78.8 cm³/mol.